The summed E-state index contributed by atoms with van der Waals surface area (Å²) in [6.45, 7) is 6.83. The number of fused-ring (bicyclic) bond motifs is 1. The predicted octanol–water partition coefficient (Wildman–Crippen LogP) is 2.91. The Morgan fingerprint density at radius 1 is 1.43 bits per heavy atom. The van der Waals surface area contributed by atoms with Crippen molar-refractivity contribution in [3.63, 3.8) is 0 Å². The second-order valence-corrected chi connectivity index (χ2v) is 5.94. The van der Waals surface area contributed by atoms with Gasteiger partial charge in [-0.05, 0) is 42.8 Å². The molecule has 0 bridgehead atoms. The molecule has 1 atom stereocenters. The number of aromatic nitrogens is 3. The van der Waals surface area contributed by atoms with Crippen LogP contribution in [0.4, 0.5) is 0 Å². The summed E-state index contributed by atoms with van der Waals surface area (Å²) in [6, 6.07) is 1.91. The van der Waals surface area contributed by atoms with Crippen LogP contribution in [0.2, 0.25) is 0 Å². The van der Waals surface area contributed by atoms with E-state index >= 15 is 0 Å². The number of nitrogens with zero attached hydrogens (tertiary/aromatic N) is 4. The van der Waals surface area contributed by atoms with Gasteiger partial charge in [0.25, 0.3) is 0 Å². The molecule has 1 radical (unpaired) electrons. The molecule has 2 rings (SSSR count). The molecule has 0 aromatic carbocycles. The quantitative estimate of drug-likeness (QED) is 0.696. The molecule has 0 spiro atoms. The molecule has 0 fully saturated rings. The number of pyridine rings is 1. The van der Waals surface area contributed by atoms with Crippen molar-refractivity contribution < 1.29 is 42.6 Å². The average Bonchev–Trinajstić information content (AvgIpc) is 2.75. The zero-order chi connectivity index (χ0) is 16.7. The zero-order valence-electron chi connectivity index (χ0n) is 14.3. The number of aliphatic hydroxyl groups is 1. The number of aliphatic hydroxyl groups excluding tert-OH is 1. The average molecular weight is 461 g/mol. The molecule has 2 aromatic rings. The Kier molecular flexibility index (Phi) is 11.6. The van der Waals surface area contributed by atoms with Crippen LogP contribution in [0.25, 0.3) is 16.4 Å². The molecule has 0 aliphatic carbocycles. The summed E-state index contributed by atoms with van der Waals surface area (Å²) in [4.78, 5) is 8.78. The Hall–Kier alpha value is 0.0839. The second-order valence-electron chi connectivity index (χ2n) is 5.19. The molecule has 0 amide bonds. The van der Waals surface area contributed by atoms with Crippen LogP contribution in [-0.4, -0.2) is 52.6 Å². The third kappa shape index (κ3) is 7.24. The molecule has 23 heavy (non-hydrogen) atoms. The van der Waals surface area contributed by atoms with Crippen molar-refractivity contribution in [2.45, 2.75) is 39.5 Å². The molecule has 8 heteroatoms. The minimum atomic E-state index is -0.167. The van der Waals surface area contributed by atoms with Gasteiger partial charge < -0.3 is 19.7 Å². The van der Waals surface area contributed by atoms with Gasteiger partial charge in [0.2, 0.25) is 0 Å². The Morgan fingerprint density at radius 3 is 2.57 bits per heavy atom. The number of hydrogen-bond donors (Lipinski definition) is 1. The van der Waals surface area contributed by atoms with Crippen LogP contribution in [0, 0.1) is 6.92 Å². The van der Waals surface area contributed by atoms with Crippen LogP contribution in [0.5, 0.6) is 0 Å². The first kappa shape index (κ1) is 23.1. The van der Waals surface area contributed by atoms with Crippen LogP contribution in [0.3, 0.4) is 0 Å². The standard InChI is InChI=1S/C12H16BrN4O.C3H8O.Y/c1-8-16-10-4-5-15-12(13)11(10)17(8)7-9(18-3)6-14-2;1-3(2)4;/h4-5,9H,6-7H2,1-3H3;3-4H,1-2H3;/q-1;;. The van der Waals surface area contributed by atoms with Crippen LogP contribution >= 0.6 is 15.9 Å². The molecule has 0 aliphatic heterocycles. The third-order valence-electron chi connectivity index (χ3n) is 2.91. The first-order chi connectivity index (χ1) is 10.4. The van der Waals surface area contributed by atoms with E-state index in [0.717, 1.165) is 28.0 Å². The number of hydrogen-bond acceptors (Lipinski definition) is 4. The van der Waals surface area contributed by atoms with Gasteiger partial charge in [-0.15, -0.1) is 6.54 Å². The summed E-state index contributed by atoms with van der Waals surface area (Å²) in [5.74, 6) is 0.955. The van der Waals surface area contributed by atoms with Gasteiger partial charge in [-0.2, -0.15) is 7.05 Å². The van der Waals surface area contributed by atoms with Crippen LogP contribution in [-0.2, 0) is 44.0 Å². The fourth-order valence-corrected chi connectivity index (χ4v) is 2.53. The fraction of sp³-hybridized carbons (Fsp3) is 0.600. The second kappa shape index (κ2) is 11.6. The maximum absolute atomic E-state index is 8.06. The van der Waals surface area contributed by atoms with Crippen LogP contribution in [0.15, 0.2) is 16.9 Å². The first-order valence-electron chi connectivity index (χ1n) is 7.14. The van der Waals surface area contributed by atoms with E-state index in [2.05, 4.69) is 35.8 Å². The number of ether oxygens (including phenoxy) is 1. The Balaban J connectivity index is 0.000000871. The SMILES string of the molecule is CC(C)O.C[N-]CC(Cn1c(C)nc2ccnc(Br)c21)OC.[Y]. The minimum absolute atomic E-state index is 0. The van der Waals surface area contributed by atoms with E-state index in [4.69, 9.17) is 9.84 Å². The van der Waals surface area contributed by atoms with Crippen molar-refractivity contribution in [3.05, 3.63) is 28.0 Å². The molecule has 0 saturated carbocycles. The van der Waals surface area contributed by atoms with E-state index in [0.29, 0.717) is 6.54 Å². The Labute approximate surface area is 171 Å². The summed E-state index contributed by atoms with van der Waals surface area (Å²) in [5.41, 5.74) is 1.95. The molecule has 6 nitrogen and oxygen atoms in total. The van der Waals surface area contributed by atoms with Gasteiger partial charge in [-0.3, -0.25) is 0 Å². The number of halogens is 1. The largest absolute Gasteiger partial charge is 0.663 e. The molecule has 1 unspecified atom stereocenters. The van der Waals surface area contributed by atoms with Crippen molar-refractivity contribution in [1.29, 1.82) is 0 Å². The van der Waals surface area contributed by atoms with Crippen molar-refractivity contribution >= 4 is 27.0 Å². The molecular weight excluding hydrogens is 437 g/mol. The minimum Gasteiger partial charge on any atom is -0.663 e. The van der Waals surface area contributed by atoms with Gasteiger partial charge in [0.05, 0.1) is 11.6 Å². The van der Waals surface area contributed by atoms with E-state index in [9.17, 15) is 0 Å². The van der Waals surface area contributed by atoms with Crippen molar-refractivity contribution in [3.8, 4) is 0 Å². The van der Waals surface area contributed by atoms with Crippen molar-refractivity contribution in [2.75, 3.05) is 20.7 Å². The molecule has 2 aromatic heterocycles. The van der Waals surface area contributed by atoms with E-state index < -0.39 is 0 Å². The maximum atomic E-state index is 8.06. The van der Waals surface area contributed by atoms with Gasteiger partial charge in [0, 0.05) is 58.7 Å². The summed E-state index contributed by atoms with van der Waals surface area (Å²) in [6.07, 6.45) is 1.64. The van der Waals surface area contributed by atoms with E-state index in [-0.39, 0.29) is 44.9 Å². The predicted molar refractivity (Wildman–Crippen MR) is 92.3 cm³/mol. The van der Waals surface area contributed by atoms with E-state index in [1.165, 1.54) is 0 Å². The van der Waals surface area contributed by atoms with E-state index in [1.807, 2.05) is 13.0 Å². The zero-order valence-corrected chi connectivity index (χ0v) is 18.7. The fourth-order valence-electron chi connectivity index (χ4n) is 1.99. The topological polar surface area (TPSA) is 74.3 Å². The molecule has 0 saturated heterocycles. The van der Waals surface area contributed by atoms with Crippen LogP contribution < -0.4 is 0 Å². The Morgan fingerprint density at radius 2 is 2.04 bits per heavy atom. The van der Waals surface area contributed by atoms with Gasteiger partial charge in [0.1, 0.15) is 15.9 Å². The summed E-state index contributed by atoms with van der Waals surface area (Å²) in [7, 11) is 3.50. The van der Waals surface area contributed by atoms with Gasteiger partial charge in [0.15, 0.2) is 0 Å². The number of rotatable bonds is 5. The van der Waals surface area contributed by atoms with Crippen molar-refractivity contribution in [1.82, 2.24) is 14.5 Å². The summed E-state index contributed by atoms with van der Waals surface area (Å²) in [5, 5.41) is 12.2. The van der Waals surface area contributed by atoms with Crippen LogP contribution in [0.1, 0.15) is 19.7 Å². The first-order valence-corrected chi connectivity index (χ1v) is 7.93. The molecule has 127 valence electrons. The smallest absolute Gasteiger partial charge is 0.131 e. The number of aryl methyl sites for hydroxylation is 1. The normalized spacial score (nSPS) is 11.8. The monoisotopic (exact) mass is 460 g/mol. The van der Waals surface area contributed by atoms with Gasteiger partial charge in [-0.25, -0.2) is 9.97 Å². The summed E-state index contributed by atoms with van der Waals surface area (Å²) >= 11 is 3.48. The van der Waals surface area contributed by atoms with Crippen molar-refractivity contribution in [2.24, 2.45) is 0 Å². The number of imidazole rings is 1. The van der Waals surface area contributed by atoms with Gasteiger partial charge in [-0.1, -0.05) is 0 Å². The van der Waals surface area contributed by atoms with E-state index in [1.54, 1.807) is 34.2 Å². The molecule has 2 heterocycles. The van der Waals surface area contributed by atoms with Gasteiger partial charge >= 0.3 is 0 Å². The Bertz CT molecular complexity index is 589. The third-order valence-corrected chi connectivity index (χ3v) is 3.49. The maximum Gasteiger partial charge on any atom is 0.131 e. The molecule has 0 aliphatic rings. The molecular formula is C15H24BrN4O2Y-. The molecule has 1 N–H and O–H groups in total. The summed E-state index contributed by atoms with van der Waals surface area (Å²) < 4.78 is 8.36. The number of likely N-dealkylation sites (N-methyl/N-ethyl adjacent to an activating group) is 1. The number of methoxy groups -OCH3 is 1.